The normalized spacial score (nSPS) is 12.3. The summed E-state index contributed by atoms with van der Waals surface area (Å²) in [5.74, 6) is -0.243. The summed E-state index contributed by atoms with van der Waals surface area (Å²) >= 11 is 24.0. The van der Waals surface area contributed by atoms with Gasteiger partial charge in [0.05, 0.1) is 5.69 Å². The number of benzene rings is 1. The molecule has 0 fully saturated rings. The van der Waals surface area contributed by atoms with Crippen LogP contribution in [-0.4, -0.2) is 17.3 Å². The Balaban J connectivity index is 3.28. The van der Waals surface area contributed by atoms with Crippen LogP contribution in [0.5, 0.6) is 0 Å². The number of halogens is 4. The van der Waals surface area contributed by atoms with Crippen LogP contribution in [0.1, 0.15) is 25.8 Å². The van der Waals surface area contributed by atoms with Crippen molar-refractivity contribution in [1.82, 2.24) is 0 Å². The van der Waals surface area contributed by atoms with Crippen molar-refractivity contribution >= 4 is 58.0 Å². The van der Waals surface area contributed by atoms with Gasteiger partial charge in [-0.25, -0.2) is 0 Å². The highest BCUT2D eigenvalue weighted by atomic mass is 35.5. The number of anilines is 1. The molecule has 2 nitrogen and oxygen atoms in total. The lowest BCUT2D eigenvalue weighted by molar-refractivity contribution is -0.118. The molecule has 0 N–H and O–H groups in total. The van der Waals surface area contributed by atoms with Gasteiger partial charge in [-0.1, -0.05) is 37.0 Å². The van der Waals surface area contributed by atoms with Crippen molar-refractivity contribution in [2.75, 3.05) is 10.9 Å². The second-order valence-corrected chi connectivity index (χ2v) is 5.61. The van der Waals surface area contributed by atoms with Crippen molar-refractivity contribution in [1.29, 1.82) is 0 Å². The van der Waals surface area contributed by atoms with E-state index in [4.69, 9.17) is 46.4 Å². The Morgan fingerprint density at radius 2 is 1.95 bits per heavy atom. The third-order valence-corrected chi connectivity index (χ3v) is 4.08. The third-order valence-electron chi connectivity index (χ3n) is 2.79. The molecule has 1 amide bonds. The first kappa shape index (κ1) is 16.9. The highest BCUT2D eigenvalue weighted by molar-refractivity contribution is 6.37. The Morgan fingerprint density at radius 1 is 1.32 bits per heavy atom. The monoisotopic (exact) mass is 341 g/mol. The largest absolute Gasteiger partial charge is 0.297 e. The van der Waals surface area contributed by atoms with Crippen LogP contribution in [-0.2, 0) is 11.2 Å². The number of carbonyl (C=O) groups excluding carboxylic acids is 1. The molecule has 0 aliphatic rings. The van der Waals surface area contributed by atoms with Gasteiger partial charge in [0.2, 0.25) is 5.91 Å². The molecule has 0 bridgehead atoms. The van der Waals surface area contributed by atoms with Gasteiger partial charge in [-0.2, -0.15) is 0 Å². The first-order valence-electron chi connectivity index (χ1n) is 5.95. The Morgan fingerprint density at radius 3 is 2.42 bits per heavy atom. The first-order chi connectivity index (χ1) is 8.96. The van der Waals surface area contributed by atoms with Gasteiger partial charge in [0.15, 0.2) is 0 Å². The van der Waals surface area contributed by atoms with Gasteiger partial charge in [0.1, 0.15) is 11.4 Å². The first-order valence-corrected chi connectivity index (χ1v) is 7.68. The Bertz CT molecular complexity index is 464. The summed E-state index contributed by atoms with van der Waals surface area (Å²) in [7, 11) is 0. The Kier molecular flexibility index (Phi) is 6.75. The number of rotatable bonds is 5. The molecular formula is C13H15Cl4NO. The summed E-state index contributed by atoms with van der Waals surface area (Å²) in [4.78, 5) is 13.6. The molecule has 0 radical (unpaired) electrons. The highest BCUT2D eigenvalue weighted by Gasteiger charge is 2.24. The van der Waals surface area contributed by atoms with Crippen molar-refractivity contribution in [3.8, 4) is 0 Å². The number of hydrogen-bond donors (Lipinski definition) is 0. The van der Waals surface area contributed by atoms with Crippen molar-refractivity contribution in [3.63, 3.8) is 0 Å². The van der Waals surface area contributed by atoms with E-state index < -0.39 is 5.38 Å². The second kappa shape index (κ2) is 7.58. The van der Waals surface area contributed by atoms with E-state index in [1.807, 2.05) is 13.8 Å². The minimum atomic E-state index is -0.610. The molecule has 1 aromatic rings. The van der Waals surface area contributed by atoms with Gasteiger partial charge in [-0.3, -0.25) is 9.69 Å². The van der Waals surface area contributed by atoms with Gasteiger partial charge >= 0.3 is 0 Å². The van der Waals surface area contributed by atoms with E-state index in [0.717, 1.165) is 5.56 Å². The van der Waals surface area contributed by atoms with Crippen LogP contribution in [0.15, 0.2) is 12.1 Å². The van der Waals surface area contributed by atoms with Crippen molar-refractivity contribution < 1.29 is 4.79 Å². The van der Waals surface area contributed by atoms with Crippen molar-refractivity contribution in [2.45, 2.75) is 32.1 Å². The van der Waals surface area contributed by atoms with Crippen LogP contribution in [0.4, 0.5) is 5.69 Å². The van der Waals surface area contributed by atoms with E-state index in [9.17, 15) is 4.79 Å². The van der Waals surface area contributed by atoms with E-state index in [-0.39, 0.29) is 11.9 Å². The van der Waals surface area contributed by atoms with Crippen molar-refractivity contribution in [2.24, 2.45) is 0 Å². The topological polar surface area (TPSA) is 20.3 Å². The minimum Gasteiger partial charge on any atom is -0.297 e. The lowest BCUT2D eigenvalue weighted by Crippen LogP contribution is -2.36. The molecule has 19 heavy (non-hydrogen) atoms. The quantitative estimate of drug-likeness (QED) is 0.538. The van der Waals surface area contributed by atoms with E-state index in [1.165, 1.54) is 4.90 Å². The lowest BCUT2D eigenvalue weighted by atomic mass is 10.1. The number of alkyl halides is 2. The zero-order chi connectivity index (χ0) is 14.6. The maximum absolute atomic E-state index is 12.2. The Labute approximate surface area is 133 Å². The summed E-state index contributed by atoms with van der Waals surface area (Å²) in [6.45, 7) is 3.79. The summed E-state index contributed by atoms with van der Waals surface area (Å²) in [5.41, 5.74) is 1.46. The zero-order valence-corrected chi connectivity index (χ0v) is 13.7. The second-order valence-electron chi connectivity index (χ2n) is 4.00. The highest BCUT2D eigenvalue weighted by Crippen LogP contribution is 2.33. The van der Waals surface area contributed by atoms with Gasteiger partial charge in [-0.05, 0) is 30.5 Å². The van der Waals surface area contributed by atoms with Crippen LogP contribution < -0.4 is 4.90 Å². The Hall–Kier alpha value is -0.150. The van der Waals surface area contributed by atoms with Crippen molar-refractivity contribution in [3.05, 3.63) is 27.7 Å². The summed E-state index contributed by atoms with van der Waals surface area (Å²) < 4.78 is 0. The maximum atomic E-state index is 12.2. The molecule has 1 rings (SSSR count). The fourth-order valence-corrected chi connectivity index (χ4v) is 2.75. The average Bonchev–Trinajstić information content (AvgIpc) is 2.38. The molecule has 0 heterocycles. The molecule has 0 aliphatic carbocycles. The summed E-state index contributed by atoms with van der Waals surface area (Å²) in [6, 6.07) is 3.35. The molecule has 6 heteroatoms. The van der Waals surface area contributed by atoms with Gasteiger partial charge in [0, 0.05) is 10.0 Å². The summed E-state index contributed by atoms with van der Waals surface area (Å²) in [5, 5.41) is 0.375. The fraction of sp³-hybridized carbons (Fsp3) is 0.462. The molecule has 106 valence electrons. The predicted octanol–water partition coefficient (Wildman–Crippen LogP) is 5.10. The molecule has 1 unspecified atom stereocenters. The number of nitrogens with zero attached hydrogens (tertiary/aromatic N) is 1. The molecule has 0 spiro atoms. The lowest BCUT2D eigenvalue weighted by Gasteiger charge is -2.25. The van der Waals surface area contributed by atoms with E-state index >= 15 is 0 Å². The van der Waals surface area contributed by atoms with Gasteiger partial charge in [-0.15, -0.1) is 23.2 Å². The predicted molar refractivity (Wildman–Crippen MR) is 84.0 cm³/mol. The van der Waals surface area contributed by atoms with Crippen LogP contribution in [0.25, 0.3) is 0 Å². The fourth-order valence-electron chi connectivity index (χ4n) is 1.77. The van der Waals surface area contributed by atoms with Gasteiger partial charge in [0.25, 0.3) is 0 Å². The number of amides is 1. The van der Waals surface area contributed by atoms with Gasteiger partial charge < -0.3 is 0 Å². The molecule has 1 aromatic carbocycles. The molecular weight excluding hydrogens is 328 g/mol. The standard InChI is InChI=1S/C13H15Cl4NO/c1-3-9-11(17)5-8(15)6-12(9)18(7-14)13(19)10(16)4-2/h5-6,10H,3-4,7H2,1-2H3. The average molecular weight is 343 g/mol. The maximum Gasteiger partial charge on any atom is 0.246 e. The number of hydrogen-bond acceptors (Lipinski definition) is 1. The summed E-state index contributed by atoms with van der Waals surface area (Å²) in [6.07, 6.45) is 1.20. The molecule has 0 saturated carbocycles. The molecule has 1 atom stereocenters. The third kappa shape index (κ3) is 3.91. The molecule has 0 aliphatic heterocycles. The zero-order valence-electron chi connectivity index (χ0n) is 10.7. The van der Waals surface area contributed by atoms with Crippen LogP contribution in [0.3, 0.4) is 0 Å². The van der Waals surface area contributed by atoms with Crippen LogP contribution in [0, 0.1) is 0 Å². The molecule has 0 aromatic heterocycles. The molecule has 0 saturated heterocycles. The van der Waals surface area contributed by atoms with Crippen LogP contribution >= 0.6 is 46.4 Å². The smallest absolute Gasteiger partial charge is 0.246 e. The van der Waals surface area contributed by atoms with E-state index in [2.05, 4.69) is 0 Å². The van der Waals surface area contributed by atoms with Crippen LogP contribution in [0.2, 0.25) is 10.0 Å². The van der Waals surface area contributed by atoms with E-state index in [0.29, 0.717) is 28.6 Å². The SMILES string of the molecule is CCc1c(Cl)cc(Cl)cc1N(CCl)C(=O)C(Cl)CC. The van der Waals surface area contributed by atoms with E-state index in [1.54, 1.807) is 12.1 Å². The number of carbonyl (C=O) groups is 1. The minimum absolute atomic E-state index is 0.00568.